The molecule has 2 fully saturated rings. The summed E-state index contributed by atoms with van der Waals surface area (Å²) >= 11 is 0. The van der Waals surface area contributed by atoms with Gasteiger partial charge in [-0.25, -0.2) is 13.2 Å². The first-order valence-corrected chi connectivity index (χ1v) is 9.72. The summed E-state index contributed by atoms with van der Waals surface area (Å²) < 4.78 is 37.2. The van der Waals surface area contributed by atoms with Crippen LogP contribution < -0.4 is 4.74 Å². The van der Waals surface area contributed by atoms with Gasteiger partial charge in [0.25, 0.3) is 0 Å². The summed E-state index contributed by atoms with van der Waals surface area (Å²) in [5.74, 6) is 0.611. The van der Waals surface area contributed by atoms with Gasteiger partial charge < -0.3 is 19.3 Å². The van der Waals surface area contributed by atoms with Crippen molar-refractivity contribution in [1.82, 2.24) is 14.1 Å². The molecular formula is C16H23N3O5S. The number of ether oxygens (including phenoxy) is 2. The van der Waals surface area contributed by atoms with Crippen molar-refractivity contribution in [3.8, 4) is 5.75 Å². The fourth-order valence-corrected chi connectivity index (χ4v) is 4.39. The highest BCUT2D eigenvalue weighted by atomic mass is 32.2. The molecule has 2 heterocycles. The molecular weight excluding hydrogens is 346 g/mol. The molecule has 8 nitrogen and oxygen atoms in total. The Labute approximate surface area is 147 Å². The Morgan fingerprint density at radius 1 is 0.960 bits per heavy atom. The first-order valence-electron chi connectivity index (χ1n) is 8.28. The van der Waals surface area contributed by atoms with Crippen LogP contribution in [-0.2, 0) is 14.8 Å². The number of urea groups is 1. The van der Waals surface area contributed by atoms with Gasteiger partial charge in [-0.05, 0) is 24.3 Å². The Bertz CT molecular complexity index is 693. The predicted octanol–water partition coefficient (Wildman–Crippen LogP) is 0.454. The van der Waals surface area contributed by atoms with E-state index in [1.807, 2.05) is 0 Å². The molecule has 0 atom stereocenters. The van der Waals surface area contributed by atoms with Gasteiger partial charge in [0, 0.05) is 39.3 Å². The van der Waals surface area contributed by atoms with Crippen LogP contribution in [0.4, 0.5) is 4.79 Å². The summed E-state index contributed by atoms with van der Waals surface area (Å²) in [5, 5.41) is 0. The van der Waals surface area contributed by atoms with E-state index in [0.29, 0.717) is 58.2 Å². The van der Waals surface area contributed by atoms with Crippen molar-refractivity contribution >= 4 is 16.1 Å². The molecule has 0 unspecified atom stereocenters. The number of carbonyl (C=O) groups is 1. The van der Waals surface area contributed by atoms with E-state index in [1.165, 1.54) is 11.4 Å². The molecule has 25 heavy (non-hydrogen) atoms. The third-order valence-corrected chi connectivity index (χ3v) is 6.40. The van der Waals surface area contributed by atoms with Crippen LogP contribution in [0.2, 0.25) is 0 Å². The highest BCUT2D eigenvalue weighted by Crippen LogP contribution is 2.21. The number of methoxy groups -OCH3 is 1. The minimum atomic E-state index is -3.55. The first-order chi connectivity index (χ1) is 12.0. The van der Waals surface area contributed by atoms with Crippen LogP contribution in [-0.4, -0.2) is 88.1 Å². The number of benzene rings is 1. The summed E-state index contributed by atoms with van der Waals surface area (Å²) in [6.07, 6.45) is 0. The van der Waals surface area contributed by atoms with E-state index in [4.69, 9.17) is 9.47 Å². The summed E-state index contributed by atoms with van der Waals surface area (Å²) in [6, 6.07) is 6.31. The second kappa shape index (κ2) is 7.59. The second-order valence-corrected chi connectivity index (χ2v) is 7.89. The lowest BCUT2D eigenvalue weighted by molar-refractivity contribution is 0.0405. The Morgan fingerprint density at radius 2 is 1.52 bits per heavy atom. The Balaban J connectivity index is 1.61. The summed E-state index contributed by atoms with van der Waals surface area (Å²) in [6.45, 7) is 3.66. The number of carbonyl (C=O) groups excluding carboxylic acids is 1. The summed E-state index contributed by atoms with van der Waals surface area (Å²) in [4.78, 5) is 16.2. The van der Waals surface area contributed by atoms with Gasteiger partial charge >= 0.3 is 6.03 Å². The molecule has 2 aliphatic heterocycles. The zero-order valence-electron chi connectivity index (χ0n) is 14.3. The quantitative estimate of drug-likeness (QED) is 0.773. The van der Waals surface area contributed by atoms with Gasteiger partial charge in [0.05, 0.1) is 25.2 Å². The number of rotatable bonds is 3. The smallest absolute Gasteiger partial charge is 0.320 e. The normalized spacial score (nSPS) is 19.7. The maximum absolute atomic E-state index is 12.7. The average molecular weight is 369 g/mol. The fourth-order valence-electron chi connectivity index (χ4n) is 2.97. The zero-order chi connectivity index (χ0) is 17.9. The maximum Gasteiger partial charge on any atom is 0.320 e. The minimum absolute atomic E-state index is 0.0372. The molecule has 0 spiro atoms. The first kappa shape index (κ1) is 18.0. The molecule has 0 saturated carbocycles. The van der Waals surface area contributed by atoms with Crippen molar-refractivity contribution in [3.05, 3.63) is 24.3 Å². The molecule has 0 aromatic heterocycles. The van der Waals surface area contributed by atoms with Gasteiger partial charge in [-0.2, -0.15) is 4.31 Å². The van der Waals surface area contributed by atoms with E-state index < -0.39 is 10.0 Å². The molecule has 2 saturated heterocycles. The lowest BCUT2D eigenvalue weighted by Crippen LogP contribution is -2.55. The van der Waals surface area contributed by atoms with Crippen LogP contribution in [0.1, 0.15) is 0 Å². The van der Waals surface area contributed by atoms with E-state index in [9.17, 15) is 13.2 Å². The lowest BCUT2D eigenvalue weighted by atomic mass is 10.3. The van der Waals surface area contributed by atoms with Crippen molar-refractivity contribution in [1.29, 1.82) is 0 Å². The van der Waals surface area contributed by atoms with Gasteiger partial charge in [0.1, 0.15) is 5.75 Å². The third-order valence-electron chi connectivity index (χ3n) is 4.49. The predicted molar refractivity (Wildman–Crippen MR) is 91.1 cm³/mol. The highest BCUT2D eigenvalue weighted by molar-refractivity contribution is 7.89. The van der Waals surface area contributed by atoms with Crippen LogP contribution in [0.3, 0.4) is 0 Å². The van der Waals surface area contributed by atoms with E-state index in [1.54, 1.807) is 34.1 Å². The molecule has 0 N–H and O–H groups in total. The van der Waals surface area contributed by atoms with Crippen molar-refractivity contribution in [2.45, 2.75) is 4.90 Å². The Kier molecular flexibility index (Phi) is 5.45. The molecule has 3 rings (SSSR count). The molecule has 0 radical (unpaired) electrons. The summed E-state index contributed by atoms with van der Waals surface area (Å²) in [7, 11) is -2.02. The number of morpholine rings is 1. The van der Waals surface area contributed by atoms with E-state index >= 15 is 0 Å². The molecule has 2 aliphatic rings. The fraction of sp³-hybridized carbons (Fsp3) is 0.562. The average Bonchev–Trinajstić information content (AvgIpc) is 2.68. The summed E-state index contributed by atoms with van der Waals surface area (Å²) in [5.41, 5.74) is 0. The molecule has 0 bridgehead atoms. The molecule has 1 aromatic carbocycles. The Morgan fingerprint density at radius 3 is 2.08 bits per heavy atom. The minimum Gasteiger partial charge on any atom is -0.497 e. The van der Waals surface area contributed by atoms with Crippen LogP contribution in [0.15, 0.2) is 29.2 Å². The number of nitrogens with zero attached hydrogens (tertiary/aromatic N) is 3. The van der Waals surface area contributed by atoms with Crippen molar-refractivity contribution < 1.29 is 22.7 Å². The molecule has 2 amide bonds. The monoisotopic (exact) mass is 369 g/mol. The maximum atomic E-state index is 12.7. The second-order valence-electron chi connectivity index (χ2n) is 5.95. The van der Waals surface area contributed by atoms with Gasteiger partial charge in [0.15, 0.2) is 0 Å². The Hall–Kier alpha value is -1.84. The molecule has 0 aliphatic carbocycles. The van der Waals surface area contributed by atoms with Crippen molar-refractivity contribution in [2.24, 2.45) is 0 Å². The SMILES string of the molecule is COc1ccc(S(=O)(=O)N2CCN(C(=O)N3CCOCC3)CC2)cc1. The van der Waals surface area contributed by atoms with Gasteiger partial charge in [-0.1, -0.05) is 0 Å². The van der Waals surface area contributed by atoms with E-state index in [-0.39, 0.29) is 10.9 Å². The van der Waals surface area contributed by atoms with Crippen LogP contribution >= 0.6 is 0 Å². The van der Waals surface area contributed by atoms with Crippen molar-refractivity contribution in [3.63, 3.8) is 0 Å². The molecule has 9 heteroatoms. The number of sulfonamides is 1. The van der Waals surface area contributed by atoms with E-state index in [2.05, 4.69) is 0 Å². The number of piperazine rings is 1. The van der Waals surface area contributed by atoms with Crippen LogP contribution in [0.5, 0.6) is 5.75 Å². The van der Waals surface area contributed by atoms with Gasteiger partial charge in [0.2, 0.25) is 10.0 Å². The lowest BCUT2D eigenvalue weighted by Gasteiger charge is -2.38. The standard InChI is InChI=1S/C16H23N3O5S/c1-23-14-2-4-15(5-3-14)25(21,22)19-8-6-17(7-9-19)16(20)18-10-12-24-13-11-18/h2-5H,6-13H2,1H3. The van der Waals surface area contributed by atoms with Gasteiger partial charge in [-0.3, -0.25) is 0 Å². The highest BCUT2D eigenvalue weighted by Gasteiger charge is 2.32. The number of hydrogen-bond donors (Lipinski definition) is 0. The third kappa shape index (κ3) is 3.88. The number of hydrogen-bond acceptors (Lipinski definition) is 5. The van der Waals surface area contributed by atoms with Crippen LogP contribution in [0, 0.1) is 0 Å². The largest absolute Gasteiger partial charge is 0.497 e. The van der Waals surface area contributed by atoms with Crippen molar-refractivity contribution in [2.75, 3.05) is 59.6 Å². The molecule has 138 valence electrons. The topological polar surface area (TPSA) is 79.4 Å². The zero-order valence-corrected chi connectivity index (χ0v) is 15.1. The molecule has 1 aromatic rings. The van der Waals surface area contributed by atoms with E-state index in [0.717, 1.165) is 0 Å². The number of amides is 2. The van der Waals surface area contributed by atoms with Gasteiger partial charge in [-0.15, -0.1) is 0 Å². The van der Waals surface area contributed by atoms with Crippen LogP contribution in [0.25, 0.3) is 0 Å².